The van der Waals surface area contributed by atoms with Gasteiger partial charge in [-0.05, 0) is 64.6 Å². The summed E-state index contributed by atoms with van der Waals surface area (Å²) in [7, 11) is 0. The van der Waals surface area contributed by atoms with Gasteiger partial charge in [0.25, 0.3) is 0 Å². The van der Waals surface area contributed by atoms with E-state index in [4.69, 9.17) is 14.7 Å². The van der Waals surface area contributed by atoms with Gasteiger partial charge in [0.05, 0.1) is 17.1 Å². The van der Waals surface area contributed by atoms with Gasteiger partial charge in [-0.3, -0.25) is 0 Å². The van der Waals surface area contributed by atoms with Crippen LogP contribution in [-0.2, 0) is 25.9 Å². The highest BCUT2D eigenvalue weighted by atomic mass is 16.5. The van der Waals surface area contributed by atoms with Crippen LogP contribution in [0.15, 0.2) is 36.4 Å². The van der Waals surface area contributed by atoms with Gasteiger partial charge in [-0.1, -0.05) is 51.1 Å². The zero-order valence-corrected chi connectivity index (χ0v) is 21.0. The number of rotatable bonds is 3. The van der Waals surface area contributed by atoms with Crippen LogP contribution >= 0.6 is 0 Å². The lowest BCUT2D eigenvalue weighted by Crippen LogP contribution is -2.30. The van der Waals surface area contributed by atoms with Gasteiger partial charge in [-0.25, -0.2) is 9.97 Å². The maximum Gasteiger partial charge on any atom is 0.130 e. The maximum atomic E-state index is 6.16. The number of fused-ring (bicyclic) bond motifs is 8. The zero-order valence-electron chi connectivity index (χ0n) is 21.0. The number of allylic oxidation sites excluding steroid dienone is 2. The SMILES string of the molecule is CCc1nc2c([nH]1)CCc1c-2ccc2c1=CCC=C(c1ccc3c(c1)OCc1[nH]c(C(C)C)nc1-3)C=2. The van der Waals surface area contributed by atoms with Crippen molar-refractivity contribution in [2.24, 2.45) is 0 Å². The number of aryl methyl sites for hydroxylation is 2. The van der Waals surface area contributed by atoms with Gasteiger partial charge in [0.2, 0.25) is 0 Å². The Balaban J connectivity index is 1.28. The lowest BCUT2D eigenvalue weighted by molar-refractivity contribution is 0.297. The lowest BCUT2D eigenvalue weighted by Gasteiger charge is -2.18. The minimum absolute atomic E-state index is 0.361. The minimum atomic E-state index is 0.361. The van der Waals surface area contributed by atoms with Crippen LogP contribution < -0.4 is 15.2 Å². The van der Waals surface area contributed by atoms with Gasteiger partial charge >= 0.3 is 0 Å². The van der Waals surface area contributed by atoms with Crippen molar-refractivity contribution in [2.45, 2.75) is 59.0 Å². The second-order valence-corrected chi connectivity index (χ2v) is 10.3. The molecule has 5 nitrogen and oxygen atoms in total. The molecule has 2 aliphatic carbocycles. The van der Waals surface area contributed by atoms with Crippen LogP contribution in [-0.4, -0.2) is 19.9 Å². The molecular weight excluding hydrogens is 444 g/mol. The first-order valence-corrected chi connectivity index (χ1v) is 13.1. The Labute approximate surface area is 210 Å². The van der Waals surface area contributed by atoms with Crippen LogP contribution in [0.25, 0.3) is 40.2 Å². The summed E-state index contributed by atoms with van der Waals surface area (Å²) >= 11 is 0. The molecule has 3 heterocycles. The quantitative estimate of drug-likeness (QED) is 0.429. The maximum absolute atomic E-state index is 6.16. The van der Waals surface area contributed by atoms with Crippen LogP contribution in [0.2, 0.25) is 0 Å². The Hall–Kier alpha value is -3.86. The molecular formula is C31H30N4O. The highest BCUT2D eigenvalue weighted by molar-refractivity contribution is 5.91. The molecule has 2 aromatic heterocycles. The summed E-state index contributed by atoms with van der Waals surface area (Å²) in [6, 6.07) is 11.1. The van der Waals surface area contributed by atoms with Crippen molar-refractivity contribution >= 4 is 17.7 Å². The summed E-state index contributed by atoms with van der Waals surface area (Å²) in [4.78, 5) is 16.7. The number of hydrogen-bond donors (Lipinski definition) is 2. The Morgan fingerprint density at radius 2 is 1.81 bits per heavy atom. The van der Waals surface area contributed by atoms with Crippen molar-refractivity contribution in [1.29, 1.82) is 0 Å². The second-order valence-electron chi connectivity index (χ2n) is 10.3. The molecule has 4 aromatic rings. The highest BCUT2D eigenvalue weighted by Crippen LogP contribution is 2.39. The molecule has 5 heteroatoms. The summed E-state index contributed by atoms with van der Waals surface area (Å²) in [5, 5.41) is 2.64. The molecule has 0 saturated carbocycles. The molecule has 180 valence electrons. The van der Waals surface area contributed by atoms with Crippen molar-refractivity contribution in [3.05, 3.63) is 81.0 Å². The average Bonchev–Trinajstić information content (AvgIpc) is 3.47. The Kier molecular flexibility index (Phi) is 4.81. The molecule has 0 radical (unpaired) electrons. The van der Waals surface area contributed by atoms with Crippen molar-refractivity contribution in [3.63, 3.8) is 0 Å². The molecule has 0 atom stereocenters. The average molecular weight is 475 g/mol. The Morgan fingerprint density at radius 1 is 0.944 bits per heavy atom. The van der Waals surface area contributed by atoms with E-state index < -0.39 is 0 Å². The first-order chi connectivity index (χ1) is 17.6. The van der Waals surface area contributed by atoms with E-state index in [0.717, 1.165) is 65.7 Å². The summed E-state index contributed by atoms with van der Waals surface area (Å²) in [5.41, 5.74) is 10.7. The van der Waals surface area contributed by atoms with E-state index >= 15 is 0 Å². The Bertz CT molecular complexity index is 1680. The Morgan fingerprint density at radius 3 is 2.67 bits per heavy atom. The smallest absolute Gasteiger partial charge is 0.130 e. The summed E-state index contributed by atoms with van der Waals surface area (Å²) in [6.07, 6.45) is 11.0. The third kappa shape index (κ3) is 3.29. The fourth-order valence-corrected chi connectivity index (χ4v) is 5.75. The number of nitrogens with zero attached hydrogens (tertiary/aromatic N) is 2. The summed E-state index contributed by atoms with van der Waals surface area (Å²) < 4.78 is 6.16. The van der Waals surface area contributed by atoms with Gasteiger partial charge in [0.1, 0.15) is 24.0 Å². The number of aromatic amines is 2. The van der Waals surface area contributed by atoms with E-state index in [2.05, 4.69) is 79.3 Å². The molecule has 1 aliphatic heterocycles. The normalized spacial score (nSPS) is 15.3. The van der Waals surface area contributed by atoms with Crippen molar-refractivity contribution in [1.82, 2.24) is 19.9 Å². The third-order valence-corrected chi connectivity index (χ3v) is 7.69. The van der Waals surface area contributed by atoms with E-state index in [9.17, 15) is 0 Å². The molecule has 7 rings (SSSR count). The molecule has 2 aromatic carbocycles. The molecule has 3 aliphatic rings. The second kappa shape index (κ2) is 8.09. The molecule has 0 unspecified atom stereocenters. The van der Waals surface area contributed by atoms with Gasteiger partial charge in [0.15, 0.2) is 0 Å². The monoisotopic (exact) mass is 474 g/mol. The molecule has 0 amide bonds. The van der Waals surface area contributed by atoms with E-state index in [1.165, 1.54) is 38.4 Å². The largest absolute Gasteiger partial charge is 0.487 e. The van der Waals surface area contributed by atoms with E-state index in [-0.39, 0.29) is 0 Å². The number of ether oxygens (including phenoxy) is 1. The third-order valence-electron chi connectivity index (χ3n) is 7.69. The highest BCUT2D eigenvalue weighted by Gasteiger charge is 2.24. The molecule has 0 spiro atoms. The number of nitrogens with one attached hydrogen (secondary N) is 2. The molecule has 0 saturated heterocycles. The number of benzene rings is 2. The zero-order chi connectivity index (χ0) is 24.4. The van der Waals surface area contributed by atoms with Crippen LogP contribution in [0.4, 0.5) is 0 Å². The predicted octanol–water partition coefficient (Wildman–Crippen LogP) is 5.19. The van der Waals surface area contributed by atoms with Gasteiger partial charge in [0, 0.05) is 29.2 Å². The van der Waals surface area contributed by atoms with Gasteiger partial charge in [-0.15, -0.1) is 0 Å². The fourth-order valence-electron chi connectivity index (χ4n) is 5.75. The van der Waals surface area contributed by atoms with Gasteiger partial charge < -0.3 is 14.7 Å². The molecule has 0 fully saturated rings. The summed E-state index contributed by atoms with van der Waals surface area (Å²) in [6.45, 7) is 7.00. The first kappa shape index (κ1) is 21.4. The van der Waals surface area contributed by atoms with Gasteiger partial charge in [-0.2, -0.15) is 0 Å². The predicted molar refractivity (Wildman–Crippen MR) is 144 cm³/mol. The van der Waals surface area contributed by atoms with Crippen LogP contribution in [0.3, 0.4) is 0 Å². The number of H-pyrrole nitrogens is 2. The lowest BCUT2D eigenvalue weighted by atomic mass is 9.89. The van der Waals surface area contributed by atoms with E-state index in [1.54, 1.807) is 0 Å². The van der Waals surface area contributed by atoms with Crippen LogP contribution in [0, 0.1) is 0 Å². The molecule has 2 N–H and O–H groups in total. The standard InChI is InChI=1S/C31H30N4O/c1-4-28-32-25-13-12-22-21-7-5-6-18(14-20(21)9-10-23(22)29(25)34-28)19-8-11-24-27(15-19)36-16-26-30(24)35-31(33-26)17(2)3/h6-11,14-15,17H,4-5,12-13,16H2,1-3H3,(H,32,34)(H,33,35). The number of hydrogen-bond acceptors (Lipinski definition) is 3. The van der Waals surface area contributed by atoms with E-state index in [0.29, 0.717) is 12.5 Å². The van der Waals surface area contributed by atoms with Crippen molar-refractivity contribution in [2.75, 3.05) is 0 Å². The molecule has 36 heavy (non-hydrogen) atoms. The van der Waals surface area contributed by atoms with Crippen LogP contribution in [0.1, 0.15) is 67.3 Å². The van der Waals surface area contributed by atoms with Crippen LogP contribution in [0.5, 0.6) is 5.75 Å². The minimum Gasteiger partial charge on any atom is -0.487 e. The first-order valence-electron chi connectivity index (χ1n) is 13.1. The fraction of sp³-hybridized carbons (Fsp3) is 0.290. The molecule has 0 bridgehead atoms. The number of imidazole rings is 2. The van der Waals surface area contributed by atoms with Crippen molar-refractivity contribution in [3.8, 4) is 28.3 Å². The summed E-state index contributed by atoms with van der Waals surface area (Å²) in [5.74, 6) is 3.37. The van der Waals surface area contributed by atoms with Crippen molar-refractivity contribution < 1.29 is 4.74 Å². The van der Waals surface area contributed by atoms with E-state index in [1.807, 2.05) is 0 Å². The number of aromatic nitrogens is 4. The topological polar surface area (TPSA) is 66.6 Å².